The van der Waals surface area contributed by atoms with Crippen LogP contribution in [0.5, 0.6) is 5.75 Å². The second-order valence-corrected chi connectivity index (χ2v) is 6.27. The number of amides is 2. The Kier molecular flexibility index (Phi) is 7.90. The Labute approximate surface area is 168 Å². The van der Waals surface area contributed by atoms with Gasteiger partial charge in [0.2, 0.25) is 11.8 Å². The van der Waals surface area contributed by atoms with Gasteiger partial charge < -0.3 is 14.8 Å². The molecule has 0 radical (unpaired) electrons. The van der Waals surface area contributed by atoms with Gasteiger partial charge in [0.1, 0.15) is 12.2 Å². The minimum atomic E-state index is -0.526. The van der Waals surface area contributed by atoms with Crippen LogP contribution in [0, 0.1) is 13.8 Å². The van der Waals surface area contributed by atoms with Gasteiger partial charge in [-0.1, -0.05) is 17.7 Å². The molecule has 2 aromatic carbocycles. The number of hydrazone groups is 1. The highest BCUT2D eigenvalue weighted by molar-refractivity contribution is 6.04. The lowest BCUT2D eigenvalue weighted by Gasteiger charge is -2.08. The number of carbonyl (C=O) groups excluding carboxylic acids is 3. The lowest BCUT2D eigenvalue weighted by atomic mass is 10.1. The summed E-state index contributed by atoms with van der Waals surface area (Å²) < 4.78 is 9.72. The van der Waals surface area contributed by atoms with Crippen molar-refractivity contribution in [2.75, 3.05) is 19.0 Å². The van der Waals surface area contributed by atoms with Gasteiger partial charge in [0.05, 0.1) is 13.3 Å². The molecular weight excluding hydrogens is 374 g/mol. The average Bonchev–Trinajstić information content (AvgIpc) is 2.69. The molecule has 0 aliphatic rings. The van der Waals surface area contributed by atoms with Gasteiger partial charge in [-0.2, -0.15) is 5.10 Å². The highest BCUT2D eigenvalue weighted by Gasteiger charge is 2.10. The summed E-state index contributed by atoms with van der Waals surface area (Å²) in [4.78, 5) is 34.9. The van der Waals surface area contributed by atoms with Gasteiger partial charge in [0, 0.05) is 5.69 Å². The van der Waals surface area contributed by atoms with Crippen LogP contribution in [-0.2, 0) is 19.1 Å². The van der Waals surface area contributed by atoms with E-state index in [0.29, 0.717) is 17.0 Å². The highest BCUT2D eigenvalue weighted by Crippen LogP contribution is 2.16. The Morgan fingerprint density at radius 3 is 2.41 bits per heavy atom. The van der Waals surface area contributed by atoms with Crippen molar-refractivity contribution in [3.05, 3.63) is 59.2 Å². The van der Waals surface area contributed by atoms with Crippen LogP contribution >= 0.6 is 0 Å². The Hall–Kier alpha value is -3.68. The molecule has 0 saturated carbocycles. The fourth-order valence-electron chi connectivity index (χ4n) is 2.36. The molecule has 2 aromatic rings. The molecule has 0 aromatic heterocycles. The molecule has 152 valence electrons. The first kappa shape index (κ1) is 21.6. The normalized spacial score (nSPS) is 10.4. The monoisotopic (exact) mass is 397 g/mol. The Balaban J connectivity index is 1.78. The van der Waals surface area contributed by atoms with Crippen LogP contribution in [-0.4, -0.2) is 37.7 Å². The van der Waals surface area contributed by atoms with E-state index in [0.717, 1.165) is 11.1 Å². The molecule has 0 fully saturated rings. The van der Waals surface area contributed by atoms with Gasteiger partial charge in [-0.25, -0.2) is 10.2 Å². The second kappa shape index (κ2) is 10.6. The largest absolute Gasteiger partial charge is 0.482 e. The smallest absolute Gasteiger partial charge is 0.343 e. The molecule has 0 aliphatic carbocycles. The first-order chi connectivity index (χ1) is 13.9. The molecule has 0 bridgehead atoms. The molecule has 0 atom stereocenters. The van der Waals surface area contributed by atoms with Crippen molar-refractivity contribution in [1.29, 1.82) is 0 Å². The zero-order chi connectivity index (χ0) is 21.2. The number of benzene rings is 2. The van der Waals surface area contributed by atoms with E-state index in [1.165, 1.54) is 13.3 Å². The predicted molar refractivity (Wildman–Crippen MR) is 109 cm³/mol. The lowest BCUT2D eigenvalue weighted by molar-refractivity contribution is -0.143. The highest BCUT2D eigenvalue weighted by atomic mass is 16.6. The number of nitrogens with one attached hydrogen (secondary N) is 2. The summed E-state index contributed by atoms with van der Waals surface area (Å²) in [5.41, 5.74) is 5.71. The van der Waals surface area contributed by atoms with Crippen LogP contribution in [0.15, 0.2) is 47.6 Å². The molecule has 2 N–H and O–H groups in total. The second-order valence-electron chi connectivity index (χ2n) is 6.27. The van der Waals surface area contributed by atoms with E-state index in [-0.39, 0.29) is 13.0 Å². The van der Waals surface area contributed by atoms with E-state index in [2.05, 4.69) is 20.6 Å². The zero-order valence-electron chi connectivity index (χ0n) is 16.5. The van der Waals surface area contributed by atoms with Crippen LogP contribution in [0.3, 0.4) is 0 Å². The molecule has 2 amide bonds. The summed E-state index contributed by atoms with van der Waals surface area (Å²) >= 11 is 0. The number of hydrogen-bond donors (Lipinski definition) is 2. The first-order valence-electron chi connectivity index (χ1n) is 8.86. The summed E-state index contributed by atoms with van der Waals surface area (Å²) in [7, 11) is 1.28. The molecule has 2 rings (SSSR count). The SMILES string of the molecule is COC(=O)COc1ccc(C=NNC(=O)CC(=O)Nc2ccc(C)cc2C)cc1. The Bertz CT molecular complexity index is 907. The summed E-state index contributed by atoms with van der Waals surface area (Å²) in [6.07, 6.45) is 1.09. The quantitative estimate of drug-likeness (QED) is 0.308. The van der Waals surface area contributed by atoms with Gasteiger partial charge >= 0.3 is 5.97 Å². The fourth-order valence-corrected chi connectivity index (χ4v) is 2.36. The standard InChI is InChI=1S/C21H23N3O5/c1-14-4-9-18(15(2)10-14)23-19(25)11-20(26)24-22-12-16-5-7-17(8-6-16)29-13-21(27)28-3/h4-10,12H,11,13H2,1-3H3,(H,23,25)(H,24,26). The van der Waals surface area contributed by atoms with Gasteiger partial charge in [0.25, 0.3) is 0 Å². The third-order valence-electron chi connectivity index (χ3n) is 3.84. The van der Waals surface area contributed by atoms with Crippen molar-refractivity contribution in [1.82, 2.24) is 5.43 Å². The predicted octanol–water partition coefficient (Wildman–Crippen LogP) is 2.33. The minimum absolute atomic E-state index is 0.176. The Morgan fingerprint density at radius 2 is 1.76 bits per heavy atom. The van der Waals surface area contributed by atoms with E-state index in [9.17, 15) is 14.4 Å². The fraction of sp³-hybridized carbons (Fsp3) is 0.238. The number of methoxy groups -OCH3 is 1. The molecule has 0 heterocycles. The van der Waals surface area contributed by atoms with Crippen molar-refractivity contribution < 1.29 is 23.9 Å². The van der Waals surface area contributed by atoms with Crippen LogP contribution in [0.2, 0.25) is 0 Å². The Morgan fingerprint density at radius 1 is 1.03 bits per heavy atom. The van der Waals surface area contributed by atoms with Crippen molar-refractivity contribution in [3.8, 4) is 5.75 Å². The lowest BCUT2D eigenvalue weighted by Crippen LogP contribution is -2.24. The number of esters is 1. The maximum atomic E-state index is 12.0. The molecule has 29 heavy (non-hydrogen) atoms. The maximum absolute atomic E-state index is 12.0. The van der Waals surface area contributed by atoms with E-state index in [1.54, 1.807) is 30.3 Å². The molecule has 0 aliphatic heterocycles. The molecule has 0 spiro atoms. The number of nitrogens with zero attached hydrogens (tertiary/aromatic N) is 1. The van der Waals surface area contributed by atoms with Gasteiger partial charge in [-0.05, 0) is 55.3 Å². The molecule has 8 heteroatoms. The summed E-state index contributed by atoms with van der Waals surface area (Å²) in [6.45, 7) is 3.68. The molecule has 8 nitrogen and oxygen atoms in total. The third kappa shape index (κ3) is 7.45. The van der Waals surface area contributed by atoms with Crippen molar-refractivity contribution >= 4 is 29.7 Å². The number of ether oxygens (including phenoxy) is 2. The van der Waals surface area contributed by atoms with Crippen molar-refractivity contribution in [2.24, 2.45) is 5.10 Å². The third-order valence-corrected chi connectivity index (χ3v) is 3.84. The van der Waals surface area contributed by atoms with Crippen LogP contribution < -0.4 is 15.5 Å². The summed E-state index contributed by atoms with van der Waals surface area (Å²) in [5.74, 6) is -0.919. The number of aryl methyl sites for hydroxylation is 2. The minimum Gasteiger partial charge on any atom is -0.482 e. The van der Waals surface area contributed by atoms with E-state index < -0.39 is 17.8 Å². The average molecular weight is 397 g/mol. The topological polar surface area (TPSA) is 106 Å². The molecule has 0 saturated heterocycles. The van der Waals surface area contributed by atoms with Crippen LogP contribution in [0.4, 0.5) is 5.69 Å². The maximum Gasteiger partial charge on any atom is 0.343 e. The first-order valence-corrected chi connectivity index (χ1v) is 8.86. The zero-order valence-corrected chi connectivity index (χ0v) is 16.5. The van der Waals surface area contributed by atoms with E-state index in [4.69, 9.17) is 4.74 Å². The van der Waals surface area contributed by atoms with Gasteiger partial charge in [-0.3, -0.25) is 9.59 Å². The molecular formula is C21H23N3O5. The van der Waals surface area contributed by atoms with Crippen LogP contribution in [0.1, 0.15) is 23.1 Å². The number of hydrogen-bond acceptors (Lipinski definition) is 6. The summed E-state index contributed by atoms with van der Waals surface area (Å²) in [5, 5.41) is 6.54. The van der Waals surface area contributed by atoms with Gasteiger partial charge in [0.15, 0.2) is 6.61 Å². The molecule has 0 unspecified atom stereocenters. The number of anilines is 1. The van der Waals surface area contributed by atoms with Crippen LogP contribution in [0.25, 0.3) is 0 Å². The number of rotatable bonds is 8. The van der Waals surface area contributed by atoms with Crippen molar-refractivity contribution in [2.45, 2.75) is 20.3 Å². The van der Waals surface area contributed by atoms with Crippen molar-refractivity contribution in [3.63, 3.8) is 0 Å². The van der Waals surface area contributed by atoms with Gasteiger partial charge in [-0.15, -0.1) is 0 Å². The number of carbonyl (C=O) groups is 3. The summed E-state index contributed by atoms with van der Waals surface area (Å²) in [6, 6.07) is 12.4. The van der Waals surface area contributed by atoms with E-state index in [1.807, 2.05) is 26.0 Å². The van der Waals surface area contributed by atoms with E-state index >= 15 is 0 Å².